The first-order valence-electron chi connectivity index (χ1n) is 9.98. The molecule has 2 heterocycles. The van der Waals surface area contributed by atoms with E-state index < -0.39 is 34.6 Å². The van der Waals surface area contributed by atoms with E-state index in [0.717, 1.165) is 42.9 Å². The van der Waals surface area contributed by atoms with Gasteiger partial charge in [0.25, 0.3) is 5.78 Å². The van der Waals surface area contributed by atoms with Crippen molar-refractivity contribution < 1.29 is 22.0 Å². The number of anilines is 2. The minimum absolute atomic E-state index is 0.126. The molecule has 1 aromatic carbocycles. The van der Waals surface area contributed by atoms with Gasteiger partial charge in [-0.2, -0.15) is 32.8 Å². The molecule has 0 amide bonds. The number of hydrogen-bond acceptors (Lipinski definition) is 6. The summed E-state index contributed by atoms with van der Waals surface area (Å²) in [6.45, 7) is 2.19. The van der Waals surface area contributed by atoms with Gasteiger partial charge < -0.3 is 15.1 Å². The highest BCUT2D eigenvalue weighted by Crippen LogP contribution is 2.39. The Hall–Kier alpha value is -2.73. The number of fused-ring (bicyclic) bond motifs is 1. The summed E-state index contributed by atoms with van der Waals surface area (Å²) in [5, 5.41) is 5.62. The van der Waals surface area contributed by atoms with Crippen molar-refractivity contribution in [1.29, 1.82) is 0 Å². The van der Waals surface area contributed by atoms with Gasteiger partial charge in [0.15, 0.2) is 0 Å². The quantitative estimate of drug-likeness (QED) is 0.370. The summed E-state index contributed by atoms with van der Waals surface area (Å²) >= 11 is 6.18. The summed E-state index contributed by atoms with van der Waals surface area (Å²) in [4.78, 5) is 11.4. The predicted molar refractivity (Wildman–Crippen MR) is 117 cm³/mol. The van der Waals surface area contributed by atoms with Gasteiger partial charge in [-0.05, 0) is 46.1 Å². The lowest BCUT2D eigenvalue weighted by atomic mass is 10.0. The number of nitrogens with zero attached hydrogens (tertiary/aromatic N) is 6. The Bertz CT molecular complexity index is 1110. The number of halogens is 6. The summed E-state index contributed by atoms with van der Waals surface area (Å²) in [5.74, 6) is -2.51. The van der Waals surface area contributed by atoms with Gasteiger partial charge in [-0.15, -0.1) is 0 Å². The Balaban J connectivity index is 2.09. The van der Waals surface area contributed by atoms with Gasteiger partial charge in [0.05, 0.1) is 11.1 Å². The molecule has 1 atom stereocenters. The second-order valence-corrected chi connectivity index (χ2v) is 8.23. The van der Waals surface area contributed by atoms with E-state index in [0.29, 0.717) is 6.54 Å². The lowest BCUT2D eigenvalue weighted by molar-refractivity contribution is -0.138. The Morgan fingerprint density at radius 2 is 1.73 bits per heavy atom. The lowest BCUT2D eigenvalue weighted by Crippen LogP contribution is -2.34. The Morgan fingerprint density at radius 3 is 2.30 bits per heavy atom. The SMILES string of the molecule is C[C@@H](Nc1c(-c2c(F)cc(N(C)CCCN(C)C)cc2F)c(Cl)nc2ncnn12)C(F)(F)F. The summed E-state index contributed by atoms with van der Waals surface area (Å²) in [7, 11) is 5.53. The Kier molecular flexibility index (Phi) is 7.27. The first-order chi connectivity index (χ1) is 15.4. The van der Waals surface area contributed by atoms with Crippen molar-refractivity contribution in [3.63, 3.8) is 0 Å². The first kappa shape index (κ1) is 24.9. The molecular formula is C20H23ClF5N7. The van der Waals surface area contributed by atoms with Crippen LogP contribution in [0.3, 0.4) is 0 Å². The van der Waals surface area contributed by atoms with E-state index in [9.17, 15) is 13.2 Å². The van der Waals surface area contributed by atoms with Gasteiger partial charge in [0, 0.05) is 19.3 Å². The molecule has 0 aliphatic rings. The molecule has 180 valence electrons. The largest absolute Gasteiger partial charge is 0.408 e. The van der Waals surface area contributed by atoms with Gasteiger partial charge in [-0.1, -0.05) is 11.6 Å². The topological polar surface area (TPSA) is 61.6 Å². The van der Waals surface area contributed by atoms with E-state index in [4.69, 9.17) is 11.6 Å². The standard InChI is InChI=1S/C20H23ClF5N7/c1-11(20(24,25)26)29-18-16(17(21)30-19-27-10-28-33(18)19)15-13(22)8-12(9-14(15)23)32(4)7-5-6-31(2)3/h8-11,29H,5-7H2,1-4H3/t11-/m1/s1. The maximum absolute atomic E-state index is 15.2. The molecule has 0 spiro atoms. The maximum atomic E-state index is 15.2. The van der Waals surface area contributed by atoms with Crippen molar-refractivity contribution in [3.8, 4) is 11.1 Å². The molecule has 33 heavy (non-hydrogen) atoms. The number of nitrogens with one attached hydrogen (secondary N) is 1. The van der Waals surface area contributed by atoms with Crippen LogP contribution in [0.15, 0.2) is 18.5 Å². The molecule has 1 N–H and O–H groups in total. The lowest BCUT2D eigenvalue weighted by Gasteiger charge is -2.23. The van der Waals surface area contributed by atoms with Crippen molar-refractivity contribution in [1.82, 2.24) is 24.5 Å². The van der Waals surface area contributed by atoms with Crippen LogP contribution in [-0.2, 0) is 0 Å². The summed E-state index contributed by atoms with van der Waals surface area (Å²) in [5.41, 5.74) is -0.730. The summed E-state index contributed by atoms with van der Waals surface area (Å²) < 4.78 is 71.0. The fourth-order valence-electron chi connectivity index (χ4n) is 3.23. The van der Waals surface area contributed by atoms with Crippen LogP contribution in [0.2, 0.25) is 5.15 Å². The third kappa shape index (κ3) is 5.44. The zero-order valence-corrected chi connectivity index (χ0v) is 19.1. The molecule has 7 nitrogen and oxygen atoms in total. The van der Waals surface area contributed by atoms with Gasteiger partial charge in [0.2, 0.25) is 0 Å². The molecule has 0 aliphatic carbocycles. The fraction of sp³-hybridized carbons (Fsp3) is 0.450. The van der Waals surface area contributed by atoms with Crippen molar-refractivity contribution >= 4 is 28.9 Å². The number of alkyl halides is 3. The molecule has 0 aliphatic heterocycles. The molecule has 0 fully saturated rings. The molecule has 0 radical (unpaired) electrons. The highest BCUT2D eigenvalue weighted by molar-refractivity contribution is 6.33. The molecular weight excluding hydrogens is 469 g/mol. The van der Waals surface area contributed by atoms with Crippen molar-refractivity contribution in [2.24, 2.45) is 0 Å². The second kappa shape index (κ2) is 9.64. The smallest absolute Gasteiger partial charge is 0.374 e. The molecule has 3 aromatic rings. The first-order valence-corrected chi connectivity index (χ1v) is 10.4. The average Bonchev–Trinajstić information content (AvgIpc) is 3.16. The fourth-order valence-corrected chi connectivity index (χ4v) is 3.49. The minimum atomic E-state index is -4.64. The van der Waals surface area contributed by atoms with E-state index in [1.165, 1.54) is 0 Å². The summed E-state index contributed by atoms with van der Waals surface area (Å²) in [6.07, 6.45) is -2.84. The van der Waals surface area contributed by atoms with E-state index in [1.807, 2.05) is 19.0 Å². The van der Waals surface area contributed by atoms with Crippen LogP contribution in [0.4, 0.5) is 33.5 Å². The average molecular weight is 492 g/mol. The molecule has 13 heteroatoms. The van der Waals surface area contributed by atoms with Crippen molar-refractivity contribution in [2.75, 3.05) is 44.4 Å². The predicted octanol–water partition coefficient (Wildman–Crippen LogP) is 4.47. The third-order valence-electron chi connectivity index (χ3n) is 5.04. The molecule has 0 saturated heterocycles. The van der Waals surface area contributed by atoms with Crippen LogP contribution in [-0.4, -0.2) is 70.9 Å². The number of rotatable bonds is 8. The minimum Gasteiger partial charge on any atom is -0.374 e. The van der Waals surface area contributed by atoms with Crippen LogP contribution < -0.4 is 10.2 Å². The third-order valence-corrected chi connectivity index (χ3v) is 5.32. The van der Waals surface area contributed by atoms with Crippen molar-refractivity contribution in [3.05, 3.63) is 35.2 Å². The van der Waals surface area contributed by atoms with E-state index in [1.54, 1.807) is 11.9 Å². The molecule has 2 aromatic heterocycles. The van der Waals surface area contributed by atoms with Crippen LogP contribution in [0, 0.1) is 11.6 Å². The van der Waals surface area contributed by atoms with Crippen LogP contribution in [0.5, 0.6) is 0 Å². The molecule has 3 rings (SSSR count). The van der Waals surface area contributed by atoms with Gasteiger partial charge in [-0.25, -0.2) is 8.78 Å². The van der Waals surface area contributed by atoms with E-state index >= 15 is 8.78 Å². The normalized spacial score (nSPS) is 13.1. The van der Waals surface area contributed by atoms with Crippen LogP contribution >= 0.6 is 11.6 Å². The van der Waals surface area contributed by atoms with Crippen LogP contribution in [0.25, 0.3) is 16.9 Å². The Morgan fingerprint density at radius 1 is 1.09 bits per heavy atom. The highest BCUT2D eigenvalue weighted by atomic mass is 35.5. The molecule has 0 bridgehead atoms. The number of benzene rings is 1. The van der Waals surface area contributed by atoms with Gasteiger partial charge in [0.1, 0.15) is 35.0 Å². The monoisotopic (exact) mass is 491 g/mol. The van der Waals surface area contributed by atoms with Gasteiger partial charge in [-0.3, -0.25) is 0 Å². The van der Waals surface area contributed by atoms with Crippen molar-refractivity contribution in [2.45, 2.75) is 25.6 Å². The molecule has 0 unspecified atom stereocenters. The maximum Gasteiger partial charge on any atom is 0.408 e. The molecule has 0 saturated carbocycles. The highest BCUT2D eigenvalue weighted by Gasteiger charge is 2.37. The Labute approximate surface area is 192 Å². The zero-order chi connectivity index (χ0) is 24.5. The van der Waals surface area contributed by atoms with E-state index in [2.05, 4.69) is 20.4 Å². The summed E-state index contributed by atoms with van der Waals surface area (Å²) in [6, 6.07) is 0.134. The number of hydrogen-bond donors (Lipinski definition) is 1. The zero-order valence-electron chi connectivity index (χ0n) is 18.4. The van der Waals surface area contributed by atoms with Crippen LogP contribution in [0.1, 0.15) is 13.3 Å². The second-order valence-electron chi connectivity index (χ2n) is 7.87. The van der Waals surface area contributed by atoms with Gasteiger partial charge >= 0.3 is 6.18 Å². The number of aromatic nitrogens is 4. The van der Waals surface area contributed by atoms with E-state index in [-0.39, 0.29) is 22.8 Å².